The molecule has 4 saturated heterocycles. The van der Waals surface area contributed by atoms with Crippen molar-refractivity contribution in [3.63, 3.8) is 0 Å². The standard InChI is InChI=1S/C48H50N8O2/c57-45(29-33-9-3-1-4-10-33)53-25-21-37(31-53)55-23-7-13-43(55)47-49-39-19-17-35(27-41(39)51-47)15-16-36-18-20-40-42(28-36)52-48(50-40)44-14-8-24-56(44)38-22-26-54(32-38)46(58)30-34-11-5-2-6-12-34/h1-6,9-12,17-20,27-28,37-38,43-44H,7-8,13-14,21-26,29-32H2,(H,49,51)(H,50,52). The normalized spacial score (nSPS) is 22.6. The molecule has 58 heavy (non-hydrogen) atoms. The van der Waals surface area contributed by atoms with Crippen molar-refractivity contribution in [2.45, 2.75) is 75.5 Å². The number of nitrogens with one attached hydrogen (secondary N) is 2. The highest BCUT2D eigenvalue weighted by Gasteiger charge is 2.39. The first-order valence-electron chi connectivity index (χ1n) is 21.2. The SMILES string of the molecule is O=C(Cc1ccccc1)N1CCC(N2CCCC2c2nc3ccc(C#Cc4ccc5nc(C6CCCN6C6CCN(C(=O)Cc7ccccc7)C6)[nH]c5c4)cc3[nH]2)C1. The molecule has 0 aliphatic carbocycles. The Hall–Kier alpha value is -5.76. The topological polar surface area (TPSA) is 104 Å². The monoisotopic (exact) mass is 770 g/mol. The number of hydrogen-bond acceptors (Lipinski definition) is 6. The Balaban J connectivity index is 0.785. The number of likely N-dealkylation sites (tertiary alicyclic amines) is 4. The third-order valence-electron chi connectivity index (χ3n) is 12.9. The minimum Gasteiger partial charge on any atom is -0.341 e. The second kappa shape index (κ2) is 15.9. The number of hydrogen-bond donors (Lipinski definition) is 2. The van der Waals surface area contributed by atoms with Crippen LogP contribution in [0.2, 0.25) is 0 Å². The Bertz CT molecular complexity index is 2330. The fourth-order valence-electron chi connectivity index (χ4n) is 9.96. The zero-order chi connectivity index (χ0) is 39.0. The van der Waals surface area contributed by atoms with Gasteiger partial charge in [0.25, 0.3) is 0 Å². The molecule has 294 valence electrons. The molecule has 4 aliphatic heterocycles. The van der Waals surface area contributed by atoms with Crippen LogP contribution < -0.4 is 0 Å². The zero-order valence-electron chi connectivity index (χ0n) is 32.9. The van der Waals surface area contributed by atoms with Crippen LogP contribution in [0.1, 0.15) is 84.5 Å². The van der Waals surface area contributed by atoms with E-state index in [1.165, 1.54) is 0 Å². The molecule has 0 spiro atoms. The summed E-state index contributed by atoms with van der Waals surface area (Å²) in [4.78, 5) is 52.9. The van der Waals surface area contributed by atoms with Crippen LogP contribution in [0.5, 0.6) is 0 Å². The van der Waals surface area contributed by atoms with E-state index in [1.807, 2.05) is 70.5 Å². The van der Waals surface area contributed by atoms with Gasteiger partial charge in [0, 0.05) is 49.4 Å². The van der Waals surface area contributed by atoms with Crippen molar-refractivity contribution in [1.82, 2.24) is 39.5 Å². The summed E-state index contributed by atoms with van der Waals surface area (Å²) >= 11 is 0. The third kappa shape index (κ3) is 7.52. The van der Waals surface area contributed by atoms with Gasteiger partial charge in [-0.3, -0.25) is 19.4 Å². The number of aromatic nitrogens is 4. The number of carbonyl (C=O) groups is 2. The number of aromatic amines is 2. The van der Waals surface area contributed by atoms with Gasteiger partial charge in [-0.05, 0) is 99.1 Å². The molecule has 4 unspecified atom stereocenters. The van der Waals surface area contributed by atoms with Crippen LogP contribution in [0.3, 0.4) is 0 Å². The van der Waals surface area contributed by atoms with Crippen LogP contribution in [0.15, 0.2) is 97.1 Å². The third-order valence-corrected chi connectivity index (χ3v) is 12.9. The number of fused-ring (bicyclic) bond motifs is 2. The van der Waals surface area contributed by atoms with Gasteiger partial charge >= 0.3 is 0 Å². The number of H-pyrrole nitrogens is 2. The molecule has 0 radical (unpaired) electrons. The molecule has 4 fully saturated rings. The van der Waals surface area contributed by atoms with Crippen LogP contribution in [0.25, 0.3) is 22.1 Å². The first kappa shape index (κ1) is 36.6. The van der Waals surface area contributed by atoms with E-state index in [0.29, 0.717) is 24.9 Å². The summed E-state index contributed by atoms with van der Waals surface area (Å²) in [5, 5.41) is 0. The smallest absolute Gasteiger partial charge is 0.227 e. The molecule has 4 aliphatic rings. The molecule has 10 rings (SSSR count). The van der Waals surface area contributed by atoms with Crippen LogP contribution in [0, 0.1) is 11.8 Å². The molecule has 10 heteroatoms. The average molecular weight is 771 g/mol. The molecule has 0 bridgehead atoms. The number of amides is 2. The van der Waals surface area contributed by atoms with Crippen LogP contribution in [-0.2, 0) is 22.4 Å². The van der Waals surface area contributed by atoms with Gasteiger partial charge in [-0.1, -0.05) is 72.5 Å². The van der Waals surface area contributed by atoms with Crippen LogP contribution >= 0.6 is 0 Å². The van der Waals surface area contributed by atoms with Crippen molar-refractivity contribution in [3.05, 3.63) is 131 Å². The minimum atomic E-state index is 0.216. The molecule has 6 heterocycles. The molecule has 4 atom stereocenters. The summed E-state index contributed by atoms with van der Waals surface area (Å²) in [5.74, 6) is 9.24. The van der Waals surface area contributed by atoms with E-state index in [4.69, 9.17) is 9.97 Å². The molecule has 0 saturated carbocycles. The second-order valence-corrected chi connectivity index (χ2v) is 16.6. The van der Waals surface area contributed by atoms with E-state index in [1.54, 1.807) is 0 Å². The number of imidazole rings is 2. The van der Waals surface area contributed by atoms with Gasteiger partial charge < -0.3 is 19.8 Å². The van der Waals surface area contributed by atoms with E-state index in [2.05, 4.69) is 68.0 Å². The van der Waals surface area contributed by atoms with Crippen molar-refractivity contribution < 1.29 is 9.59 Å². The summed E-state index contributed by atoms with van der Waals surface area (Å²) in [6.07, 6.45) is 7.31. The molecule has 6 aromatic rings. The lowest BCUT2D eigenvalue weighted by atomic mass is 10.1. The number of nitrogens with zero attached hydrogens (tertiary/aromatic N) is 6. The molecule has 2 N–H and O–H groups in total. The summed E-state index contributed by atoms with van der Waals surface area (Å²) in [5.41, 5.74) is 7.93. The first-order chi connectivity index (χ1) is 28.5. The van der Waals surface area contributed by atoms with Crippen LogP contribution in [0.4, 0.5) is 0 Å². The van der Waals surface area contributed by atoms with Gasteiger partial charge in [-0.25, -0.2) is 9.97 Å². The highest BCUT2D eigenvalue weighted by Crippen LogP contribution is 2.37. The highest BCUT2D eigenvalue weighted by molar-refractivity contribution is 5.80. The van der Waals surface area contributed by atoms with E-state index < -0.39 is 0 Å². The predicted octanol–water partition coefficient (Wildman–Crippen LogP) is 6.80. The number of rotatable bonds is 8. The fraction of sp³-hybridized carbons (Fsp3) is 0.375. The Morgan fingerprint density at radius 3 is 1.47 bits per heavy atom. The predicted molar refractivity (Wildman–Crippen MR) is 226 cm³/mol. The maximum atomic E-state index is 13.1. The summed E-state index contributed by atoms with van der Waals surface area (Å²) in [6, 6.07) is 33.7. The van der Waals surface area contributed by atoms with Crippen molar-refractivity contribution >= 4 is 33.9 Å². The van der Waals surface area contributed by atoms with Gasteiger partial charge in [0.2, 0.25) is 11.8 Å². The second-order valence-electron chi connectivity index (χ2n) is 16.6. The Morgan fingerprint density at radius 1 is 0.569 bits per heavy atom. The average Bonchev–Trinajstić information content (AvgIpc) is 4.09. The van der Waals surface area contributed by atoms with Gasteiger partial charge in [0.1, 0.15) is 11.6 Å². The van der Waals surface area contributed by atoms with E-state index in [-0.39, 0.29) is 23.9 Å². The van der Waals surface area contributed by atoms with E-state index in [0.717, 1.165) is 134 Å². The molecular formula is C48H50N8O2. The largest absolute Gasteiger partial charge is 0.341 e. The summed E-state index contributed by atoms with van der Waals surface area (Å²) in [6.45, 7) is 5.25. The minimum absolute atomic E-state index is 0.216. The summed E-state index contributed by atoms with van der Waals surface area (Å²) in [7, 11) is 0. The maximum Gasteiger partial charge on any atom is 0.227 e. The van der Waals surface area contributed by atoms with Gasteiger partial charge in [0.15, 0.2) is 0 Å². The van der Waals surface area contributed by atoms with Crippen molar-refractivity contribution in [2.75, 3.05) is 39.3 Å². The van der Waals surface area contributed by atoms with Crippen LogP contribution in [-0.4, -0.2) is 103 Å². The summed E-state index contributed by atoms with van der Waals surface area (Å²) < 4.78 is 0. The quantitative estimate of drug-likeness (QED) is 0.165. The molecule has 4 aromatic carbocycles. The van der Waals surface area contributed by atoms with E-state index in [9.17, 15) is 9.59 Å². The Morgan fingerprint density at radius 2 is 1.02 bits per heavy atom. The highest BCUT2D eigenvalue weighted by atomic mass is 16.2. The lowest BCUT2D eigenvalue weighted by Crippen LogP contribution is -2.39. The Labute approximate surface area is 339 Å². The Kier molecular flexibility index (Phi) is 10.0. The zero-order valence-corrected chi connectivity index (χ0v) is 32.9. The molecule has 10 nitrogen and oxygen atoms in total. The molecule has 2 aromatic heterocycles. The molecular weight excluding hydrogens is 721 g/mol. The van der Waals surface area contributed by atoms with Crippen molar-refractivity contribution in [3.8, 4) is 11.8 Å². The van der Waals surface area contributed by atoms with Gasteiger partial charge in [-0.15, -0.1) is 0 Å². The fourth-order valence-corrected chi connectivity index (χ4v) is 9.96. The maximum absolute atomic E-state index is 13.1. The first-order valence-corrected chi connectivity index (χ1v) is 21.2. The number of benzene rings is 4. The van der Waals surface area contributed by atoms with Gasteiger partial charge in [-0.2, -0.15) is 0 Å². The molecule has 2 amide bonds. The number of carbonyl (C=O) groups excluding carboxylic acids is 2. The van der Waals surface area contributed by atoms with Gasteiger partial charge in [0.05, 0.1) is 47.0 Å². The lowest BCUT2D eigenvalue weighted by molar-refractivity contribution is -0.130. The van der Waals surface area contributed by atoms with Crippen molar-refractivity contribution in [2.24, 2.45) is 0 Å². The lowest BCUT2D eigenvalue weighted by Gasteiger charge is -2.29. The van der Waals surface area contributed by atoms with Crippen molar-refractivity contribution in [1.29, 1.82) is 0 Å². The van der Waals surface area contributed by atoms with E-state index >= 15 is 0 Å².